The Morgan fingerprint density at radius 3 is 1.50 bits per heavy atom. The van der Waals surface area contributed by atoms with Crippen molar-refractivity contribution < 1.29 is 44.6 Å². The Labute approximate surface area is 176 Å². The van der Waals surface area contributed by atoms with E-state index in [0.717, 1.165) is 21.5 Å². The monoisotopic (exact) mass is 372 g/mol. The predicted molar refractivity (Wildman–Crippen MR) is 104 cm³/mol. The smallest absolute Gasteiger partial charge is 1.00 e. The molecule has 4 aromatic carbocycles. The second-order valence-electron chi connectivity index (χ2n) is 5.91. The van der Waals surface area contributed by atoms with E-state index in [2.05, 4.69) is 0 Å². The molecule has 26 heavy (non-hydrogen) atoms. The summed E-state index contributed by atoms with van der Waals surface area (Å²) in [6, 6.07) is 27.1. The van der Waals surface area contributed by atoms with Gasteiger partial charge in [0, 0.05) is 10.8 Å². The van der Waals surface area contributed by atoms with Crippen LogP contribution in [0, 0.1) is 0 Å². The molecule has 0 fully saturated rings. The summed E-state index contributed by atoms with van der Waals surface area (Å²) < 4.78 is 24.6. The standard InChI is InChI=1S/C21H17O3P.Na.H/c1-25(22,23-20-14-6-10-16-8-2-4-12-18(16)20)24-21-15-7-11-17-9-3-5-13-19(17)21;;/h2-15H,1H3;;/q;+1;-1. The molecule has 0 aromatic heterocycles. The fourth-order valence-electron chi connectivity index (χ4n) is 2.93. The average Bonchev–Trinajstić information content (AvgIpc) is 2.62. The van der Waals surface area contributed by atoms with Gasteiger partial charge in [-0.15, -0.1) is 0 Å². The Morgan fingerprint density at radius 2 is 1.04 bits per heavy atom. The molecule has 0 saturated heterocycles. The van der Waals surface area contributed by atoms with Crippen molar-refractivity contribution in [3.63, 3.8) is 0 Å². The molecule has 0 radical (unpaired) electrons. The Kier molecular flexibility index (Phi) is 5.74. The van der Waals surface area contributed by atoms with Crippen molar-refractivity contribution in [3.8, 4) is 11.5 Å². The first-order valence-corrected chi connectivity index (χ1v) is 10.0. The molecule has 5 heteroatoms. The largest absolute Gasteiger partial charge is 1.00 e. The third-order valence-electron chi connectivity index (χ3n) is 4.03. The van der Waals surface area contributed by atoms with Gasteiger partial charge in [0.1, 0.15) is 11.5 Å². The molecule has 4 rings (SSSR count). The van der Waals surface area contributed by atoms with Crippen molar-refractivity contribution in [1.82, 2.24) is 0 Å². The van der Waals surface area contributed by atoms with E-state index < -0.39 is 7.60 Å². The van der Waals surface area contributed by atoms with Gasteiger partial charge in [-0.25, -0.2) is 4.57 Å². The van der Waals surface area contributed by atoms with Gasteiger partial charge < -0.3 is 10.5 Å². The minimum atomic E-state index is -3.35. The van der Waals surface area contributed by atoms with E-state index in [1.807, 2.05) is 84.9 Å². The van der Waals surface area contributed by atoms with E-state index in [1.54, 1.807) is 0 Å². The van der Waals surface area contributed by atoms with Gasteiger partial charge in [0.2, 0.25) is 0 Å². The van der Waals surface area contributed by atoms with E-state index in [0.29, 0.717) is 11.5 Å². The van der Waals surface area contributed by atoms with Gasteiger partial charge in [-0.3, -0.25) is 0 Å². The number of hydrogen-bond acceptors (Lipinski definition) is 3. The molecule has 0 aliphatic rings. The molecule has 0 bridgehead atoms. The van der Waals surface area contributed by atoms with Crippen molar-refractivity contribution >= 4 is 29.1 Å². The zero-order valence-electron chi connectivity index (χ0n) is 15.8. The van der Waals surface area contributed by atoms with Gasteiger partial charge in [-0.2, -0.15) is 0 Å². The zero-order valence-corrected chi connectivity index (χ0v) is 17.6. The fourth-order valence-corrected chi connectivity index (χ4v) is 4.00. The molecule has 0 aliphatic heterocycles. The van der Waals surface area contributed by atoms with E-state index >= 15 is 0 Å². The Hall–Kier alpha value is -1.77. The average molecular weight is 372 g/mol. The number of benzene rings is 4. The van der Waals surface area contributed by atoms with Crippen LogP contribution in [-0.4, -0.2) is 6.66 Å². The summed E-state index contributed by atoms with van der Waals surface area (Å²) >= 11 is 0. The summed E-state index contributed by atoms with van der Waals surface area (Å²) in [6.07, 6.45) is 0. The number of fused-ring (bicyclic) bond motifs is 2. The molecular weight excluding hydrogens is 354 g/mol. The van der Waals surface area contributed by atoms with E-state index in [9.17, 15) is 4.57 Å². The molecule has 0 saturated carbocycles. The zero-order chi connectivity index (χ0) is 17.3. The first-order valence-electron chi connectivity index (χ1n) is 8.05. The van der Waals surface area contributed by atoms with Gasteiger partial charge in [-0.05, 0) is 22.9 Å². The van der Waals surface area contributed by atoms with Gasteiger partial charge >= 0.3 is 37.2 Å². The SMILES string of the molecule is CP(=O)(Oc1cccc2ccccc12)Oc1cccc2ccccc12.[H-].[Na+]. The summed E-state index contributed by atoms with van der Waals surface area (Å²) in [5, 5.41) is 3.89. The van der Waals surface area contributed by atoms with Crippen molar-refractivity contribution in [2.75, 3.05) is 6.66 Å². The van der Waals surface area contributed by atoms with Crippen LogP contribution < -0.4 is 38.6 Å². The summed E-state index contributed by atoms with van der Waals surface area (Å²) in [7, 11) is -3.35. The Morgan fingerprint density at radius 1 is 0.654 bits per heavy atom. The van der Waals surface area contributed by atoms with Crippen molar-refractivity contribution in [2.24, 2.45) is 0 Å². The van der Waals surface area contributed by atoms with Crippen LogP contribution in [0.2, 0.25) is 0 Å². The molecular formula is C21H18NaO3P. The minimum absolute atomic E-state index is 0. The molecule has 126 valence electrons. The van der Waals surface area contributed by atoms with Crippen molar-refractivity contribution in [2.45, 2.75) is 0 Å². The second-order valence-corrected chi connectivity index (χ2v) is 7.82. The van der Waals surface area contributed by atoms with Crippen LogP contribution in [0.25, 0.3) is 21.5 Å². The maximum absolute atomic E-state index is 13.0. The first kappa shape index (κ1) is 19.0. The number of hydrogen-bond donors (Lipinski definition) is 0. The van der Waals surface area contributed by atoms with Crippen LogP contribution in [0.3, 0.4) is 0 Å². The van der Waals surface area contributed by atoms with Crippen LogP contribution in [-0.2, 0) is 4.57 Å². The van der Waals surface area contributed by atoms with Gasteiger partial charge in [-0.1, -0.05) is 72.8 Å². The van der Waals surface area contributed by atoms with Crippen LogP contribution >= 0.6 is 7.60 Å². The maximum atomic E-state index is 13.0. The minimum Gasteiger partial charge on any atom is -1.00 e. The van der Waals surface area contributed by atoms with Gasteiger partial charge in [0.05, 0.1) is 6.66 Å². The fraction of sp³-hybridized carbons (Fsp3) is 0.0476. The van der Waals surface area contributed by atoms with Gasteiger partial charge in [0.25, 0.3) is 0 Å². The van der Waals surface area contributed by atoms with E-state index in [4.69, 9.17) is 9.05 Å². The molecule has 0 unspecified atom stereocenters. The van der Waals surface area contributed by atoms with Crippen molar-refractivity contribution in [1.29, 1.82) is 0 Å². The normalized spacial score (nSPS) is 11.1. The van der Waals surface area contributed by atoms with Crippen LogP contribution in [0.4, 0.5) is 0 Å². The Balaban J connectivity index is 0.00000131. The summed E-state index contributed by atoms with van der Waals surface area (Å²) in [5.41, 5.74) is 0. The quantitative estimate of drug-likeness (QED) is 0.407. The maximum Gasteiger partial charge on any atom is 1.00 e. The molecule has 0 spiro atoms. The van der Waals surface area contributed by atoms with E-state index in [1.165, 1.54) is 6.66 Å². The van der Waals surface area contributed by atoms with Crippen LogP contribution in [0.5, 0.6) is 11.5 Å². The van der Waals surface area contributed by atoms with Crippen molar-refractivity contribution in [3.05, 3.63) is 84.9 Å². The summed E-state index contributed by atoms with van der Waals surface area (Å²) in [5.74, 6) is 1.12. The predicted octanol–water partition coefficient (Wildman–Crippen LogP) is 3.39. The Bertz CT molecular complexity index is 1020. The molecule has 0 aliphatic carbocycles. The number of rotatable bonds is 4. The van der Waals surface area contributed by atoms with Crippen LogP contribution in [0.15, 0.2) is 84.9 Å². The molecule has 0 heterocycles. The third kappa shape index (κ3) is 3.97. The molecule has 4 aromatic rings. The summed E-state index contributed by atoms with van der Waals surface area (Å²) in [6.45, 7) is 1.50. The van der Waals surface area contributed by atoms with E-state index in [-0.39, 0.29) is 31.0 Å². The topological polar surface area (TPSA) is 35.5 Å². The van der Waals surface area contributed by atoms with Gasteiger partial charge in [0.15, 0.2) is 0 Å². The summed E-state index contributed by atoms with van der Waals surface area (Å²) in [4.78, 5) is 0. The second kappa shape index (κ2) is 7.85. The first-order chi connectivity index (χ1) is 12.1. The molecule has 0 amide bonds. The molecule has 0 N–H and O–H groups in total. The van der Waals surface area contributed by atoms with Crippen LogP contribution in [0.1, 0.15) is 1.43 Å². The molecule has 0 atom stereocenters. The molecule has 3 nitrogen and oxygen atoms in total. The third-order valence-corrected chi connectivity index (χ3v) is 5.08.